The first kappa shape index (κ1) is 28.1. The average molecular weight is 561 g/mol. The normalized spacial score (nSPS) is 11.7. The van der Waals surface area contributed by atoms with Crippen molar-refractivity contribution in [3.8, 4) is 11.8 Å². The molecule has 42 heavy (non-hydrogen) atoms. The van der Waals surface area contributed by atoms with Crippen LogP contribution in [0.1, 0.15) is 73.7 Å². The lowest BCUT2D eigenvalue weighted by Crippen LogP contribution is -2.13. The molecule has 4 aromatic rings. The molecule has 8 nitrogen and oxygen atoms in total. The highest BCUT2D eigenvalue weighted by atomic mass is 16.4. The molecular formula is C34H32N4O4. The molecule has 8 bridgehead atoms. The lowest BCUT2D eigenvalue weighted by molar-refractivity contribution is -0.137. The molecule has 0 unspecified atom stereocenters. The number of aromatic amines is 4. The molecule has 5 rings (SSSR count). The summed E-state index contributed by atoms with van der Waals surface area (Å²) in [6, 6.07) is 0. The largest absolute Gasteiger partial charge is 0.481 e. The monoisotopic (exact) mass is 560 g/mol. The number of rotatable bonds is 5. The molecule has 0 spiro atoms. The fraction of sp³-hybridized carbons (Fsp3) is 0.176. The quantitative estimate of drug-likeness (QED) is 0.184. The number of carbonyl (C=O) groups is 2. The summed E-state index contributed by atoms with van der Waals surface area (Å²) in [5.74, 6) is 2.94. The second-order valence-corrected chi connectivity index (χ2v) is 10.4. The van der Waals surface area contributed by atoms with E-state index in [0.29, 0.717) is 17.7 Å². The Kier molecular flexibility index (Phi) is 7.27. The molecule has 0 atom stereocenters. The van der Waals surface area contributed by atoms with Crippen molar-refractivity contribution in [1.29, 1.82) is 0 Å². The van der Waals surface area contributed by atoms with Gasteiger partial charge in [0.15, 0.2) is 0 Å². The van der Waals surface area contributed by atoms with E-state index in [9.17, 15) is 19.8 Å². The topological polar surface area (TPSA) is 138 Å². The Hall–Kier alpha value is -5.42. The SMILES string of the molecule is C=Cc1c2[nH]c(c1C)C=c1[nH]c(c(CCC(=O)O)c1C)=Cc1[nH]c(c(C)c1C#CC(=O)O)C=c1[nH]c(c(C)c1C=C)=C2. The minimum Gasteiger partial charge on any atom is -0.481 e. The number of hydrogen-bond acceptors (Lipinski definition) is 2. The predicted octanol–water partition coefficient (Wildman–Crippen LogP) is 2.60. The lowest BCUT2D eigenvalue weighted by atomic mass is 10.0. The second kappa shape index (κ2) is 10.9. The lowest BCUT2D eigenvalue weighted by Gasteiger charge is -1.98. The van der Waals surface area contributed by atoms with Crippen LogP contribution < -0.4 is 21.4 Å². The Bertz CT molecular complexity index is 2130. The minimum atomic E-state index is -1.23. The van der Waals surface area contributed by atoms with E-state index in [0.717, 1.165) is 77.4 Å². The molecule has 0 aromatic carbocycles. The van der Waals surface area contributed by atoms with Crippen LogP contribution in [0.4, 0.5) is 0 Å². The summed E-state index contributed by atoms with van der Waals surface area (Å²) < 4.78 is 0. The van der Waals surface area contributed by atoms with E-state index in [2.05, 4.69) is 51.0 Å². The number of fused-ring (bicyclic) bond motifs is 8. The Morgan fingerprint density at radius 1 is 0.714 bits per heavy atom. The van der Waals surface area contributed by atoms with Gasteiger partial charge in [-0.1, -0.05) is 31.2 Å². The van der Waals surface area contributed by atoms with Gasteiger partial charge in [0, 0.05) is 61.9 Å². The maximum atomic E-state index is 11.5. The summed E-state index contributed by atoms with van der Waals surface area (Å²) >= 11 is 0. The van der Waals surface area contributed by atoms with Crippen molar-refractivity contribution < 1.29 is 19.8 Å². The first-order valence-corrected chi connectivity index (χ1v) is 13.5. The average Bonchev–Trinajstić information content (AvgIpc) is 3.59. The Labute approximate surface area is 242 Å². The number of H-pyrrole nitrogens is 4. The third-order valence-electron chi connectivity index (χ3n) is 7.95. The molecule has 5 heterocycles. The highest BCUT2D eigenvalue weighted by Crippen LogP contribution is 2.22. The summed E-state index contributed by atoms with van der Waals surface area (Å²) in [5, 5.41) is 22.0. The van der Waals surface area contributed by atoms with Gasteiger partial charge >= 0.3 is 11.9 Å². The number of nitrogens with one attached hydrogen (secondary N) is 4. The van der Waals surface area contributed by atoms with Gasteiger partial charge in [-0.3, -0.25) is 4.79 Å². The first-order chi connectivity index (χ1) is 20.0. The van der Waals surface area contributed by atoms with Gasteiger partial charge in [-0.05, 0) is 86.2 Å². The molecular weight excluding hydrogens is 528 g/mol. The van der Waals surface area contributed by atoms with Crippen LogP contribution in [0, 0.1) is 39.5 Å². The summed E-state index contributed by atoms with van der Waals surface area (Å²) in [5.41, 5.74) is 10.3. The third-order valence-corrected chi connectivity index (χ3v) is 7.95. The molecule has 0 saturated carbocycles. The van der Waals surface area contributed by atoms with Gasteiger partial charge in [-0.15, -0.1) is 0 Å². The van der Waals surface area contributed by atoms with Gasteiger partial charge in [0.2, 0.25) is 0 Å². The minimum absolute atomic E-state index is 0.0344. The van der Waals surface area contributed by atoms with Crippen LogP contribution in [0.3, 0.4) is 0 Å². The number of aliphatic carboxylic acids is 2. The zero-order valence-corrected chi connectivity index (χ0v) is 24.0. The maximum Gasteiger partial charge on any atom is 0.382 e. The molecule has 4 aromatic heterocycles. The van der Waals surface area contributed by atoms with Gasteiger partial charge in [0.1, 0.15) is 0 Å². The van der Waals surface area contributed by atoms with Crippen molar-refractivity contribution in [3.63, 3.8) is 0 Å². The summed E-state index contributed by atoms with van der Waals surface area (Å²) in [4.78, 5) is 36.9. The number of carboxylic acids is 2. The fourth-order valence-corrected chi connectivity index (χ4v) is 5.59. The summed E-state index contributed by atoms with van der Waals surface area (Å²) in [6.45, 7) is 16.0. The Morgan fingerprint density at radius 2 is 1.29 bits per heavy atom. The Morgan fingerprint density at radius 3 is 1.95 bits per heavy atom. The molecule has 8 heteroatoms. The molecule has 1 aliphatic heterocycles. The number of hydrogen-bond donors (Lipinski definition) is 6. The van der Waals surface area contributed by atoms with Gasteiger partial charge in [-0.2, -0.15) is 0 Å². The van der Waals surface area contributed by atoms with E-state index in [1.165, 1.54) is 0 Å². The number of aromatic nitrogens is 4. The van der Waals surface area contributed by atoms with Gasteiger partial charge in [-0.25, -0.2) is 4.79 Å². The highest BCUT2D eigenvalue weighted by molar-refractivity contribution is 5.88. The predicted molar refractivity (Wildman–Crippen MR) is 166 cm³/mol. The van der Waals surface area contributed by atoms with Crippen LogP contribution >= 0.6 is 0 Å². The van der Waals surface area contributed by atoms with E-state index in [4.69, 9.17) is 0 Å². The van der Waals surface area contributed by atoms with Crippen molar-refractivity contribution in [3.05, 3.63) is 102 Å². The Balaban J connectivity index is 1.96. The van der Waals surface area contributed by atoms with E-state index in [-0.39, 0.29) is 6.42 Å². The van der Waals surface area contributed by atoms with Crippen LogP contribution in [-0.4, -0.2) is 42.1 Å². The molecule has 0 saturated heterocycles. The molecule has 212 valence electrons. The molecule has 1 aliphatic rings. The zero-order valence-electron chi connectivity index (χ0n) is 24.0. The van der Waals surface area contributed by atoms with E-state index >= 15 is 0 Å². The fourth-order valence-electron chi connectivity index (χ4n) is 5.59. The number of carboxylic acid groups (broad SMARTS) is 2. The first-order valence-electron chi connectivity index (χ1n) is 13.5. The molecule has 0 radical (unpaired) electrons. The van der Waals surface area contributed by atoms with Crippen molar-refractivity contribution in [1.82, 2.24) is 19.9 Å². The van der Waals surface area contributed by atoms with Gasteiger partial charge in [0.05, 0.1) is 11.3 Å². The standard InChI is InChI=1S/C34H32N4O4/c1-7-21-17(3)25-13-26-19(5)23(9-11-33(39)40)31(37-26)16-32-24(10-12-34(41)42)20(6)28(38-32)15-30-22(8-2)18(4)27(36-30)14-29(21)35-25/h7-8,13-16,35-38H,1-2,9,11H2,3-6H3,(H,39,40)(H,41,42). The summed E-state index contributed by atoms with van der Waals surface area (Å²) in [7, 11) is 0. The van der Waals surface area contributed by atoms with Crippen LogP contribution in [0.15, 0.2) is 13.2 Å². The summed E-state index contributed by atoms with van der Waals surface area (Å²) in [6.07, 6.45) is 11.9. The van der Waals surface area contributed by atoms with Gasteiger partial charge < -0.3 is 30.1 Å². The van der Waals surface area contributed by atoms with E-state index in [1.54, 1.807) is 0 Å². The molecule has 6 N–H and O–H groups in total. The molecule has 0 aliphatic carbocycles. The van der Waals surface area contributed by atoms with Crippen LogP contribution in [0.5, 0.6) is 0 Å². The highest BCUT2D eigenvalue weighted by Gasteiger charge is 2.16. The van der Waals surface area contributed by atoms with Crippen LogP contribution in [-0.2, 0) is 16.0 Å². The third kappa shape index (κ3) is 4.97. The van der Waals surface area contributed by atoms with Crippen LogP contribution in [0.2, 0.25) is 0 Å². The van der Waals surface area contributed by atoms with E-state index in [1.807, 2.05) is 58.1 Å². The maximum absolute atomic E-state index is 11.5. The zero-order chi connectivity index (χ0) is 30.3. The van der Waals surface area contributed by atoms with Gasteiger partial charge in [0.25, 0.3) is 0 Å². The molecule has 0 amide bonds. The van der Waals surface area contributed by atoms with Crippen molar-refractivity contribution in [2.24, 2.45) is 0 Å². The van der Waals surface area contributed by atoms with E-state index < -0.39 is 11.9 Å². The van der Waals surface area contributed by atoms with Crippen molar-refractivity contribution in [2.45, 2.75) is 40.5 Å². The van der Waals surface area contributed by atoms with Crippen molar-refractivity contribution >= 4 is 48.4 Å². The van der Waals surface area contributed by atoms with Crippen molar-refractivity contribution in [2.75, 3.05) is 0 Å². The molecule has 0 fully saturated rings. The second-order valence-electron chi connectivity index (χ2n) is 10.4. The van der Waals surface area contributed by atoms with Crippen LogP contribution in [0.25, 0.3) is 36.5 Å². The smallest absolute Gasteiger partial charge is 0.382 e.